The summed E-state index contributed by atoms with van der Waals surface area (Å²) >= 11 is 6.11. The van der Waals surface area contributed by atoms with E-state index in [1.54, 1.807) is 0 Å². The standard InChI is InChI=1S/C18H21ClN4/c1-4-5-9-23(3)18-15-10-12(2)20-17(15)21-16(22-18)13-7-6-8-14(19)11-13/h6-8,10-11H,4-5,9H2,1-3H3,(H,20,21,22). The molecule has 0 aliphatic heterocycles. The summed E-state index contributed by atoms with van der Waals surface area (Å²) in [5.74, 6) is 1.66. The predicted molar refractivity (Wildman–Crippen MR) is 97.2 cm³/mol. The van der Waals surface area contributed by atoms with E-state index >= 15 is 0 Å². The van der Waals surface area contributed by atoms with Crippen LogP contribution in [0.4, 0.5) is 5.82 Å². The van der Waals surface area contributed by atoms with Crippen molar-refractivity contribution in [1.29, 1.82) is 0 Å². The van der Waals surface area contributed by atoms with Crippen LogP contribution in [0.5, 0.6) is 0 Å². The average molecular weight is 329 g/mol. The van der Waals surface area contributed by atoms with Gasteiger partial charge in [0.25, 0.3) is 0 Å². The highest BCUT2D eigenvalue weighted by Crippen LogP contribution is 2.28. The van der Waals surface area contributed by atoms with Crippen molar-refractivity contribution in [2.75, 3.05) is 18.5 Å². The van der Waals surface area contributed by atoms with Crippen LogP contribution in [0.15, 0.2) is 30.3 Å². The number of aryl methyl sites for hydroxylation is 1. The number of aromatic nitrogens is 3. The van der Waals surface area contributed by atoms with E-state index in [0.717, 1.165) is 47.5 Å². The van der Waals surface area contributed by atoms with Crippen molar-refractivity contribution in [2.45, 2.75) is 26.7 Å². The lowest BCUT2D eigenvalue weighted by atomic mass is 10.2. The molecular weight excluding hydrogens is 308 g/mol. The fraction of sp³-hybridized carbons (Fsp3) is 0.333. The van der Waals surface area contributed by atoms with Crippen molar-refractivity contribution in [3.8, 4) is 11.4 Å². The van der Waals surface area contributed by atoms with E-state index in [1.807, 2.05) is 31.2 Å². The number of rotatable bonds is 5. The first-order chi connectivity index (χ1) is 11.1. The molecule has 3 rings (SSSR count). The minimum absolute atomic E-state index is 0.690. The number of fused-ring (bicyclic) bond motifs is 1. The van der Waals surface area contributed by atoms with Gasteiger partial charge >= 0.3 is 0 Å². The monoisotopic (exact) mass is 328 g/mol. The molecule has 0 fully saturated rings. The fourth-order valence-electron chi connectivity index (χ4n) is 2.67. The predicted octanol–water partition coefficient (Wildman–Crippen LogP) is 4.82. The number of hydrogen-bond donors (Lipinski definition) is 1. The maximum Gasteiger partial charge on any atom is 0.163 e. The Labute approximate surface area is 141 Å². The molecule has 2 aromatic heterocycles. The number of nitrogens with one attached hydrogen (secondary N) is 1. The number of benzene rings is 1. The SMILES string of the molecule is CCCCN(C)c1nc(-c2cccc(Cl)c2)nc2[nH]c(C)cc12. The van der Waals surface area contributed by atoms with Gasteiger partial charge in [-0.15, -0.1) is 0 Å². The Balaban J connectivity index is 2.13. The highest BCUT2D eigenvalue weighted by atomic mass is 35.5. The molecule has 1 N–H and O–H groups in total. The number of anilines is 1. The number of aromatic amines is 1. The summed E-state index contributed by atoms with van der Waals surface area (Å²) in [6, 6.07) is 9.77. The lowest BCUT2D eigenvalue weighted by Crippen LogP contribution is -2.20. The van der Waals surface area contributed by atoms with Gasteiger partial charge in [-0.2, -0.15) is 0 Å². The second-order valence-corrected chi connectivity index (χ2v) is 6.31. The minimum Gasteiger partial charge on any atom is -0.359 e. The van der Waals surface area contributed by atoms with E-state index in [4.69, 9.17) is 16.6 Å². The van der Waals surface area contributed by atoms with Gasteiger partial charge in [0.2, 0.25) is 0 Å². The van der Waals surface area contributed by atoms with Gasteiger partial charge in [0.15, 0.2) is 5.82 Å². The summed E-state index contributed by atoms with van der Waals surface area (Å²) in [4.78, 5) is 15.0. The van der Waals surface area contributed by atoms with E-state index in [0.29, 0.717) is 10.8 Å². The Morgan fingerprint density at radius 1 is 1.22 bits per heavy atom. The van der Waals surface area contributed by atoms with Gasteiger partial charge in [0.1, 0.15) is 11.5 Å². The molecule has 1 aromatic carbocycles. The van der Waals surface area contributed by atoms with Crippen LogP contribution in [-0.4, -0.2) is 28.5 Å². The van der Waals surface area contributed by atoms with Crippen molar-refractivity contribution in [3.63, 3.8) is 0 Å². The Bertz CT molecular complexity index is 825. The van der Waals surface area contributed by atoms with Gasteiger partial charge < -0.3 is 9.88 Å². The number of halogens is 1. The molecule has 0 aliphatic rings. The van der Waals surface area contributed by atoms with Crippen LogP contribution in [0, 0.1) is 6.92 Å². The zero-order valence-corrected chi connectivity index (χ0v) is 14.5. The summed E-state index contributed by atoms with van der Waals surface area (Å²) in [7, 11) is 2.08. The van der Waals surface area contributed by atoms with E-state index in [9.17, 15) is 0 Å². The molecule has 0 amide bonds. The van der Waals surface area contributed by atoms with Crippen LogP contribution in [0.1, 0.15) is 25.5 Å². The van der Waals surface area contributed by atoms with Crippen LogP contribution in [0.25, 0.3) is 22.4 Å². The van der Waals surface area contributed by atoms with Gasteiger partial charge in [-0.05, 0) is 31.5 Å². The smallest absolute Gasteiger partial charge is 0.163 e. The van der Waals surface area contributed by atoms with Gasteiger partial charge in [-0.1, -0.05) is 37.1 Å². The van der Waals surface area contributed by atoms with Crippen LogP contribution < -0.4 is 4.90 Å². The molecule has 0 atom stereocenters. The maximum absolute atomic E-state index is 6.11. The molecule has 0 bridgehead atoms. The first kappa shape index (κ1) is 15.8. The largest absolute Gasteiger partial charge is 0.359 e. The molecule has 3 aromatic rings. The first-order valence-electron chi connectivity index (χ1n) is 7.93. The molecule has 0 saturated carbocycles. The average Bonchev–Trinajstić information content (AvgIpc) is 2.91. The molecule has 0 unspecified atom stereocenters. The van der Waals surface area contributed by atoms with Crippen LogP contribution in [0.2, 0.25) is 5.02 Å². The van der Waals surface area contributed by atoms with Gasteiger partial charge in [0, 0.05) is 29.9 Å². The van der Waals surface area contributed by atoms with Crippen LogP contribution >= 0.6 is 11.6 Å². The van der Waals surface area contributed by atoms with E-state index in [-0.39, 0.29) is 0 Å². The van der Waals surface area contributed by atoms with Gasteiger partial charge in [0.05, 0.1) is 5.39 Å². The third-order valence-electron chi connectivity index (χ3n) is 3.89. The summed E-state index contributed by atoms with van der Waals surface area (Å²) in [5.41, 5.74) is 2.88. The quantitative estimate of drug-likeness (QED) is 0.730. The third kappa shape index (κ3) is 3.32. The van der Waals surface area contributed by atoms with Crippen LogP contribution in [-0.2, 0) is 0 Å². The Morgan fingerprint density at radius 2 is 2.04 bits per heavy atom. The Hall–Kier alpha value is -2.07. The van der Waals surface area contributed by atoms with Gasteiger partial charge in [-0.3, -0.25) is 0 Å². The molecule has 0 aliphatic carbocycles. The molecule has 4 nitrogen and oxygen atoms in total. The second kappa shape index (κ2) is 6.59. The maximum atomic E-state index is 6.11. The number of unbranched alkanes of at least 4 members (excludes halogenated alkanes) is 1. The molecule has 2 heterocycles. The number of H-pyrrole nitrogens is 1. The minimum atomic E-state index is 0.690. The third-order valence-corrected chi connectivity index (χ3v) is 4.13. The molecule has 0 radical (unpaired) electrons. The topological polar surface area (TPSA) is 44.8 Å². The molecule has 23 heavy (non-hydrogen) atoms. The summed E-state index contributed by atoms with van der Waals surface area (Å²) in [5, 5.41) is 1.75. The molecule has 0 saturated heterocycles. The zero-order chi connectivity index (χ0) is 16.4. The second-order valence-electron chi connectivity index (χ2n) is 5.87. The summed E-state index contributed by atoms with van der Waals surface area (Å²) < 4.78 is 0. The zero-order valence-electron chi connectivity index (χ0n) is 13.7. The Kier molecular flexibility index (Phi) is 4.53. The lowest BCUT2D eigenvalue weighted by molar-refractivity contribution is 0.761. The molecule has 5 heteroatoms. The van der Waals surface area contributed by atoms with Crippen molar-refractivity contribution >= 4 is 28.5 Å². The Morgan fingerprint density at radius 3 is 2.78 bits per heavy atom. The van der Waals surface area contributed by atoms with E-state index < -0.39 is 0 Å². The lowest BCUT2D eigenvalue weighted by Gasteiger charge is -2.19. The summed E-state index contributed by atoms with van der Waals surface area (Å²) in [6.45, 7) is 5.21. The summed E-state index contributed by atoms with van der Waals surface area (Å²) in [6.07, 6.45) is 2.30. The fourth-order valence-corrected chi connectivity index (χ4v) is 2.86. The first-order valence-corrected chi connectivity index (χ1v) is 8.30. The van der Waals surface area contributed by atoms with Gasteiger partial charge in [-0.25, -0.2) is 9.97 Å². The highest BCUT2D eigenvalue weighted by molar-refractivity contribution is 6.30. The molecule has 120 valence electrons. The number of nitrogens with zero attached hydrogens (tertiary/aromatic N) is 3. The molecule has 0 spiro atoms. The van der Waals surface area contributed by atoms with Crippen LogP contribution in [0.3, 0.4) is 0 Å². The van der Waals surface area contributed by atoms with E-state index in [1.165, 1.54) is 0 Å². The molecular formula is C18H21ClN4. The van der Waals surface area contributed by atoms with E-state index in [2.05, 4.69) is 34.9 Å². The van der Waals surface area contributed by atoms with Crippen molar-refractivity contribution in [3.05, 3.63) is 41.0 Å². The highest BCUT2D eigenvalue weighted by Gasteiger charge is 2.14. The normalized spacial score (nSPS) is 11.1. The van der Waals surface area contributed by atoms with Crippen molar-refractivity contribution in [1.82, 2.24) is 15.0 Å². The number of hydrogen-bond acceptors (Lipinski definition) is 3. The van der Waals surface area contributed by atoms with Crippen molar-refractivity contribution < 1.29 is 0 Å². The van der Waals surface area contributed by atoms with Crippen molar-refractivity contribution in [2.24, 2.45) is 0 Å².